The number of amides is 1. The number of benzene rings is 2. The second kappa shape index (κ2) is 9.22. The molecular weight excluding hydrogens is 350 g/mol. The second-order valence-electron chi connectivity index (χ2n) is 6.71. The molecule has 1 aromatic heterocycles. The lowest BCUT2D eigenvalue weighted by Crippen LogP contribution is -2.28. The highest BCUT2D eigenvalue weighted by atomic mass is 16.5. The van der Waals surface area contributed by atoms with Crippen LogP contribution in [-0.4, -0.2) is 22.8 Å². The van der Waals surface area contributed by atoms with E-state index >= 15 is 0 Å². The van der Waals surface area contributed by atoms with E-state index in [0.717, 1.165) is 35.4 Å². The van der Waals surface area contributed by atoms with Crippen LogP contribution >= 0.6 is 0 Å². The van der Waals surface area contributed by atoms with Crippen LogP contribution in [-0.2, 0) is 13.0 Å². The van der Waals surface area contributed by atoms with Crippen molar-refractivity contribution < 1.29 is 9.53 Å². The standard InChI is InChI=1S/C23H27N3O2/c1-4-21(18-11-13-19(28-3)14-12-18)25-23(27)20-15-24-26(22(20)5-2)16-17-9-7-6-8-10-17/h6-15,21H,4-5,16H2,1-3H3,(H,25,27). The highest BCUT2D eigenvalue weighted by molar-refractivity contribution is 5.95. The van der Waals surface area contributed by atoms with Crippen molar-refractivity contribution in [1.29, 1.82) is 0 Å². The molecule has 5 heteroatoms. The molecule has 2 aromatic carbocycles. The molecule has 0 spiro atoms. The van der Waals surface area contributed by atoms with E-state index in [4.69, 9.17) is 4.74 Å². The van der Waals surface area contributed by atoms with Crippen molar-refractivity contribution in [3.63, 3.8) is 0 Å². The molecule has 0 bridgehead atoms. The van der Waals surface area contributed by atoms with Crippen LogP contribution in [0.3, 0.4) is 0 Å². The first-order valence-electron chi connectivity index (χ1n) is 9.69. The molecule has 0 aliphatic rings. The minimum atomic E-state index is -0.0844. The van der Waals surface area contributed by atoms with Crippen LogP contribution in [0.5, 0.6) is 5.75 Å². The quantitative estimate of drug-likeness (QED) is 0.634. The Balaban J connectivity index is 1.77. The van der Waals surface area contributed by atoms with Gasteiger partial charge in [-0.3, -0.25) is 9.48 Å². The number of hydrogen-bond acceptors (Lipinski definition) is 3. The molecule has 3 rings (SSSR count). The lowest BCUT2D eigenvalue weighted by Gasteiger charge is -2.18. The van der Waals surface area contributed by atoms with Crippen LogP contribution in [0.4, 0.5) is 0 Å². The van der Waals surface area contributed by atoms with Crippen LogP contribution in [0.1, 0.15) is 53.5 Å². The van der Waals surface area contributed by atoms with Crippen molar-refractivity contribution in [2.45, 2.75) is 39.3 Å². The van der Waals surface area contributed by atoms with Crippen molar-refractivity contribution >= 4 is 5.91 Å². The van der Waals surface area contributed by atoms with E-state index in [1.54, 1.807) is 13.3 Å². The van der Waals surface area contributed by atoms with Gasteiger partial charge in [0, 0.05) is 0 Å². The van der Waals surface area contributed by atoms with Crippen LogP contribution in [0.15, 0.2) is 60.8 Å². The zero-order valence-electron chi connectivity index (χ0n) is 16.7. The number of carbonyl (C=O) groups is 1. The van der Waals surface area contributed by atoms with Gasteiger partial charge in [0.25, 0.3) is 5.91 Å². The molecule has 1 heterocycles. The molecule has 0 saturated carbocycles. The summed E-state index contributed by atoms with van der Waals surface area (Å²) in [6.45, 7) is 4.78. The second-order valence-corrected chi connectivity index (χ2v) is 6.71. The SMILES string of the molecule is CCc1c(C(=O)NC(CC)c2ccc(OC)cc2)cnn1Cc1ccccc1. The van der Waals surface area contributed by atoms with Crippen LogP contribution < -0.4 is 10.1 Å². The summed E-state index contributed by atoms with van der Waals surface area (Å²) in [6.07, 6.45) is 3.23. The maximum atomic E-state index is 13.0. The molecule has 146 valence electrons. The molecule has 0 aliphatic carbocycles. The van der Waals surface area contributed by atoms with Crippen molar-refractivity contribution in [2.24, 2.45) is 0 Å². The van der Waals surface area contributed by atoms with Gasteiger partial charge in [-0.25, -0.2) is 0 Å². The Labute approximate surface area is 166 Å². The average molecular weight is 377 g/mol. The summed E-state index contributed by atoms with van der Waals surface area (Å²) in [6, 6.07) is 17.9. The van der Waals surface area contributed by atoms with Crippen LogP contribution in [0.25, 0.3) is 0 Å². The number of rotatable bonds is 8. The van der Waals surface area contributed by atoms with E-state index in [1.165, 1.54) is 0 Å². The maximum Gasteiger partial charge on any atom is 0.255 e. The fraction of sp³-hybridized carbons (Fsp3) is 0.304. The molecule has 1 N–H and O–H groups in total. The van der Waals surface area contributed by atoms with Gasteiger partial charge in [-0.15, -0.1) is 0 Å². The van der Waals surface area contributed by atoms with Gasteiger partial charge in [-0.1, -0.05) is 56.3 Å². The first-order valence-corrected chi connectivity index (χ1v) is 9.69. The van der Waals surface area contributed by atoms with Crippen molar-refractivity contribution in [2.75, 3.05) is 7.11 Å². The predicted octanol–water partition coefficient (Wildman–Crippen LogP) is 4.38. The lowest BCUT2D eigenvalue weighted by atomic mass is 10.0. The van der Waals surface area contributed by atoms with Gasteiger partial charge in [0.15, 0.2) is 0 Å². The number of carbonyl (C=O) groups excluding carboxylic acids is 1. The summed E-state index contributed by atoms with van der Waals surface area (Å²) >= 11 is 0. The third-order valence-corrected chi connectivity index (χ3v) is 4.94. The van der Waals surface area contributed by atoms with Gasteiger partial charge in [-0.2, -0.15) is 5.10 Å². The smallest absolute Gasteiger partial charge is 0.255 e. The number of hydrogen-bond donors (Lipinski definition) is 1. The molecule has 3 aromatic rings. The zero-order chi connectivity index (χ0) is 19.9. The largest absolute Gasteiger partial charge is 0.497 e. The lowest BCUT2D eigenvalue weighted by molar-refractivity contribution is 0.0934. The summed E-state index contributed by atoms with van der Waals surface area (Å²) in [5.41, 5.74) is 3.82. The highest BCUT2D eigenvalue weighted by Crippen LogP contribution is 2.21. The Bertz CT molecular complexity index is 901. The Kier molecular flexibility index (Phi) is 6.48. The predicted molar refractivity (Wildman–Crippen MR) is 111 cm³/mol. The summed E-state index contributed by atoms with van der Waals surface area (Å²) in [5.74, 6) is 0.721. The molecule has 0 saturated heterocycles. The molecule has 1 amide bonds. The van der Waals surface area contributed by atoms with Gasteiger partial charge in [0.1, 0.15) is 5.75 Å². The third-order valence-electron chi connectivity index (χ3n) is 4.94. The maximum absolute atomic E-state index is 13.0. The summed E-state index contributed by atoms with van der Waals surface area (Å²) < 4.78 is 7.13. The molecule has 5 nitrogen and oxygen atoms in total. The van der Waals surface area contributed by atoms with Gasteiger partial charge >= 0.3 is 0 Å². The van der Waals surface area contributed by atoms with E-state index < -0.39 is 0 Å². The number of ether oxygens (including phenoxy) is 1. The molecule has 1 unspecified atom stereocenters. The molecule has 0 aliphatic heterocycles. The first-order chi connectivity index (χ1) is 13.7. The van der Waals surface area contributed by atoms with Gasteiger partial charge in [-0.05, 0) is 36.1 Å². The van der Waals surface area contributed by atoms with E-state index in [1.807, 2.05) is 47.1 Å². The van der Waals surface area contributed by atoms with Crippen molar-refractivity contribution in [1.82, 2.24) is 15.1 Å². The average Bonchev–Trinajstić information content (AvgIpc) is 3.15. The minimum Gasteiger partial charge on any atom is -0.497 e. The number of nitrogens with one attached hydrogen (secondary N) is 1. The fourth-order valence-corrected chi connectivity index (χ4v) is 3.36. The Hall–Kier alpha value is -3.08. The molecule has 0 fully saturated rings. The molecule has 0 radical (unpaired) electrons. The zero-order valence-corrected chi connectivity index (χ0v) is 16.7. The minimum absolute atomic E-state index is 0.0550. The van der Waals surface area contributed by atoms with Crippen LogP contribution in [0, 0.1) is 0 Å². The molecule has 28 heavy (non-hydrogen) atoms. The molecule has 1 atom stereocenters. The van der Waals surface area contributed by atoms with Crippen molar-refractivity contribution in [3.8, 4) is 5.75 Å². The topological polar surface area (TPSA) is 56.1 Å². The Morgan fingerprint density at radius 2 is 1.82 bits per heavy atom. The number of nitrogens with zero attached hydrogens (tertiary/aromatic N) is 2. The summed E-state index contributed by atoms with van der Waals surface area (Å²) in [5, 5.41) is 7.63. The summed E-state index contributed by atoms with van der Waals surface area (Å²) in [4.78, 5) is 13.0. The number of aromatic nitrogens is 2. The third kappa shape index (κ3) is 4.42. The van der Waals surface area contributed by atoms with Gasteiger partial charge < -0.3 is 10.1 Å². The van der Waals surface area contributed by atoms with E-state index in [2.05, 4.69) is 36.4 Å². The Morgan fingerprint density at radius 1 is 1.11 bits per heavy atom. The Morgan fingerprint density at radius 3 is 2.43 bits per heavy atom. The van der Waals surface area contributed by atoms with Gasteiger partial charge in [0.2, 0.25) is 0 Å². The van der Waals surface area contributed by atoms with Crippen LogP contribution in [0.2, 0.25) is 0 Å². The highest BCUT2D eigenvalue weighted by Gasteiger charge is 2.20. The van der Waals surface area contributed by atoms with E-state index in [-0.39, 0.29) is 11.9 Å². The fourth-order valence-electron chi connectivity index (χ4n) is 3.36. The monoisotopic (exact) mass is 377 g/mol. The number of methoxy groups -OCH3 is 1. The van der Waals surface area contributed by atoms with Gasteiger partial charge in [0.05, 0.1) is 37.2 Å². The summed E-state index contributed by atoms with van der Waals surface area (Å²) in [7, 11) is 1.65. The van der Waals surface area contributed by atoms with Crippen molar-refractivity contribution in [3.05, 3.63) is 83.2 Å². The normalized spacial score (nSPS) is 11.8. The first kappa shape index (κ1) is 19.7. The molecular formula is C23H27N3O2. The van der Waals surface area contributed by atoms with E-state index in [9.17, 15) is 4.79 Å². The van der Waals surface area contributed by atoms with E-state index in [0.29, 0.717) is 12.1 Å².